The van der Waals surface area contributed by atoms with Crippen LogP contribution in [0.25, 0.3) is 0 Å². The quantitative estimate of drug-likeness (QED) is 0.365. The Morgan fingerprint density at radius 2 is 1.85 bits per heavy atom. The van der Waals surface area contributed by atoms with Crippen LogP contribution in [0.1, 0.15) is 0 Å². The third-order valence-corrected chi connectivity index (χ3v) is 4.21. The largest absolute Gasteiger partial charge is 0.255 e. The zero-order chi connectivity index (χ0) is 9.94. The summed E-state index contributed by atoms with van der Waals surface area (Å²) in [6.07, 6.45) is 5.47. The number of hydrogen-bond donors (Lipinski definition) is 0. The average Bonchev–Trinajstić information content (AvgIpc) is 2.11. The molecule has 0 amide bonds. The molecule has 0 heterocycles. The van der Waals surface area contributed by atoms with Gasteiger partial charge in [-0.15, -0.1) is 13.2 Å². The lowest BCUT2D eigenvalue weighted by atomic mass is 10.8. The van der Waals surface area contributed by atoms with E-state index in [0.29, 0.717) is 5.75 Å². The van der Waals surface area contributed by atoms with Crippen molar-refractivity contribution < 1.29 is 4.21 Å². The molecule has 0 rings (SSSR count). The highest BCUT2D eigenvalue weighted by Crippen LogP contribution is 2.20. The van der Waals surface area contributed by atoms with Gasteiger partial charge in [0.2, 0.25) is 0 Å². The molecule has 0 aliphatic heterocycles. The fourth-order valence-electron chi connectivity index (χ4n) is 0.502. The molecule has 0 aromatic rings. The van der Waals surface area contributed by atoms with Gasteiger partial charge in [-0.3, -0.25) is 4.21 Å². The topological polar surface area (TPSA) is 17.1 Å². The van der Waals surface area contributed by atoms with Gasteiger partial charge >= 0.3 is 0 Å². The molecule has 13 heavy (non-hydrogen) atoms. The Bertz CT molecular complexity index is 199. The van der Waals surface area contributed by atoms with Crippen molar-refractivity contribution in [2.24, 2.45) is 0 Å². The van der Waals surface area contributed by atoms with Gasteiger partial charge in [-0.25, -0.2) is 0 Å². The van der Waals surface area contributed by atoms with Crippen LogP contribution >= 0.6 is 21.6 Å². The Hall–Kier alpha value is 0.0700. The predicted octanol–water partition coefficient (Wildman–Crippen LogP) is 3.00. The van der Waals surface area contributed by atoms with E-state index < -0.39 is 10.8 Å². The van der Waals surface area contributed by atoms with Gasteiger partial charge in [0.1, 0.15) is 0 Å². The van der Waals surface area contributed by atoms with Crippen molar-refractivity contribution >= 4 is 32.4 Å². The fraction of sp³-hybridized carbons (Fsp3) is 0.333. The maximum Gasteiger partial charge on any atom is 0.0491 e. The lowest BCUT2D eigenvalue weighted by molar-refractivity contribution is 0.690. The molecular formula is C9H14OS3. The predicted molar refractivity (Wildman–Crippen MR) is 67.5 cm³/mol. The molecule has 0 aromatic heterocycles. The molecule has 0 aliphatic carbocycles. The average molecular weight is 234 g/mol. The van der Waals surface area contributed by atoms with Crippen LogP contribution in [0.15, 0.2) is 36.8 Å². The maximum atomic E-state index is 11.1. The van der Waals surface area contributed by atoms with Crippen molar-refractivity contribution in [2.45, 2.75) is 0 Å². The summed E-state index contributed by atoms with van der Waals surface area (Å²) in [7, 11) is 2.61. The molecule has 74 valence electrons. The van der Waals surface area contributed by atoms with Crippen LogP contribution in [0.2, 0.25) is 0 Å². The van der Waals surface area contributed by atoms with Crippen LogP contribution in [0.3, 0.4) is 0 Å². The Morgan fingerprint density at radius 3 is 2.46 bits per heavy atom. The second-order valence-corrected chi connectivity index (χ2v) is 5.98. The third-order valence-electron chi connectivity index (χ3n) is 0.964. The molecule has 1 unspecified atom stereocenters. The van der Waals surface area contributed by atoms with E-state index in [0.717, 1.165) is 11.5 Å². The molecule has 0 N–H and O–H groups in total. The lowest BCUT2D eigenvalue weighted by Gasteiger charge is -1.92. The van der Waals surface area contributed by atoms with Gasteiger partial charge in [0, 0.05) is 28.1 Å². The molecule has 1 atom stereocenters. The van der Waals surface area contributed by atoms with E-state index >= 15 is 0 Å². The molecule has 0 fully saturated rings. The van der Waals surface area contributed by atoms with Crippen molar-refractivity contribution in [2.75, 3.05) is 17.3 Å². The summed E-state index contributed by atoms with van der Waals surface area (Å²) in [5, 5.41) is 1.73. The van der Waals surface area contributed by atoms with Crippen LogP contribution in [0, 0.1) is 0 Å². The summed E-state index contributed by atoms with van der Waals surface area (Å²) >= 11 is 0. The fourth-order valence-corrected chi connectivity index (χ4v) is 2.84. The van der Waals surface area contributed by atoms with E-state index in [4.69, 9.17) is 0 Å². The third kappa shape index (κ3) is 9.99. The molecule has 0 saturated carbocycles. The van der Waals surface area contributed by atoms with Gasteiger partial charge in [-0.2, -0.15) is 0 Å². The second kappa shape index (κ2) is 10.2. The van der Waals surface area contributed by atoms with E-state index in [1.165, 1.54) is 0 Å². The van der Waals surface area contributed by atoms with Crippen LogP contribution in [0.5, 0.6) is 0 Å². The standard InChI is InChI=1S/C9H14OS3/c1-3-6-11-12-7-5-9-13(10)8-4-2/h3-5,9H,1-2,6-8H2. The van der Waals surface area contributed by atoms with Crippen LogP contribution in [-0.2, 0) is 10.8 Å². The van der Waals surface area contributed by atoms with E-state index in [2.05, 4.69) is 13.2 Å². The highest BCUT2D eigenvalue weighted by Gasteiger charge is 1.88. The van der Waals surface area contributed by atoms with Crippen molar-refractivity contribution in [1.82, 2.24) is 0 Å². The van der Waals surface area contributed by atoms with Gasteiger partial charge in [0.25, 0.3) is 0 Å². The number of rotatable bonds is 8. The lowest BCUT2D eigenvalue weighted by Crippen LogP contribution is -1.87. The zero-order valence-electron chi connectivity index (χ0n) is 7.48. The van der Waals surface area contributed by atoms with E-state index in [-0.39, 0.29) is 0 Å². The van der Waals surface area contributed by atoms with Gasteiger partial charge in [-0.05, 0) is 5.41 Å². The highest BCUT2D eigenvalue weighted by molar-refractivity contribution is 8.76. The zero-order valence-corrected chi connectivity index (χ0v) is 9.93. The summed E-state index contributed by atoms with van der Waals surface area (Å²) in [5.41, 5.74) is 0. The SMILES string of the molecule is C=CCSSCC=CS(=O)CC=C. The van der Waals surface area contributed by atoms with Crippen LogP contribution in [-0.4, -0.2) is 21.5 Å². The van der Waals surface area contributed by atoms with Crippen molar-refractivity contribution in [1.29, 1.82) is 0 Å². The maximum absolute atomic E-state index is 11.1. The Balaban J connectivity index is 3.34. The normalized spacial score (nSPS) is 12.9. The summed E-state index contributed by atoms with van der Waals surface area (Å²) < 4.78 is 11.1. The van der Waals surface area contributed by atoms with Gasteiger partial charge in [-0.1, -0.05) is 39.8 Å². The van der Waals surface area contributed by atoms with Crippen LogP contribution in [0.4, 0.5) is 0 Å². The monoisotopic (exact) mass is 234 g/mol. The molecule has 0 saturated heterocycles. The molecule has 1 nitrogen and oxygen atoms in total. The smallest absolute Gasteiger partial charge is 0.0491 e. The Kier molecular flexibility index (Phi) is 10.2. The minimum Gasteiger partial charge on any atom is -0.255 e. The van der Waals surface area contributed by atoms with Gasteiger partial charge in [0.05, 0.1) is 0 Å². The Morgan fingerprint density at radius 1 is 1.15 bits per heavy atom. The van der Waals surface area contributed by atoms with E-state index in [1.807, 2.05) is 12.2 Å². The molecule has 0 bridgehead atoms. The summed E-state index contributed by atoms with van der Waals surface area (Å²) in [6, 6.07) is 0. The summed E-state index contributed by atoms with van der Waals surface area (Å²) in [5.74, 6) is 2.39. The number of hydrogen-bond acceptors (Lipinski definition) is 3. The summed E-state index contributed by atoms with van der Waals surface area (Å²) in [6.45, 7) is 7.14. The molecule has 0 aliphatic rings. The van der Waals surface area contributed by atoms with Crippen molar-refractivity contribution in [3.63, 3.8) is 0 Å². The summed E-state index contributed by atoms with van der Waals surface area (Å²) in [4.78, 5) is 0. The van der Waals surface area contributed by atoms with Gasteiger partial charge in [0.15, 0.2) is 0 Å². The molecule has 0 radical (unpaired) electrons. The second-order valence-electron chi connectivity index (χ2n) is 2.07. The van der Waals surface area contributed by atoms with Gasteiger partial charge < -0.3 is 0 Å². The van der Waals surface area contributed by atoms with Crippen molar-refractivity contribution in [3.05, 3.63) is 36.8 Å². The first-order chi connectivity index (χ1) is 6.31. The Labute approximate surface area is 90.6 Å². The van der Waals surface area contributed by atoms with E-state index in [9.17, 15) is 4.21 Å². The minimum absolute atomic E-state index is 0.543. The first kappa shape index (κ1) is 13.1. The first-order valence-corrected chi connectivity index (χ1v) is 7.68. The molecule has 0 aromatic carbocycles. The minimum atomic E-state index is -0.869. The van der Waals surface area contributed by atoms with E-state index in [1.54, 1.807) is 33.1 Å². The molecule has 0 spiro atoms. The van der Waals surface area contributed by atoms with Crippen LogP contribution < -0.4 is 0 Å². The van der Waals surface area contributed by atoms with Crippen molar-refractivity contribution in [3.8, 4) is 0 Å². The molecular weight excluding hydrogens is 220 g/mol. The molecule has 4 heteroatoms. The first-order valence-electron chi connectivity index (χ1n) is 3.81. The highest BCUT2D eigenvalue weighted by atomic mass is 33.1.